The van der Waals surface area contributed by atoms with Gasteiger partial charge in [-0.25, -0.2) is 13.2 Å². The Morgan fingerprint density at radius 2 is 1.40 bits per heavy atom. The van der Waals surface area contributed by atoms with Crippen molar-refractivity contribution in [3.8, 4) is 11.1 Å². The minimum absolute atomic E-state index is 0.0637. The smallest absolute Gasteiger partial charge is 0.142 e. The largest absolute Gasteiger partial charge is 0.206 e. The molecule has 3 rings (SSSR count). The molecule has 0 aliphatic heterocycles. The second kappa shape index (κ2) is 11.2. The molecule has 0 amide bonds. The van der Waals surface area contributed by atoms with E-state index in [0.29, 0.717) is 12.0 Å². The van der Waals surface area contributed by atoms with E-state index >= 15 is 0 Å². The molecule has 0 heterocycles. The number of hydrogen-bond donors (Lipinski definition) is 0. The second-order valence-electron chi connectivity index (χ2n) is 8.84. The predicted octanol–water partition coefficient (Wildman–Crippen LogP) is 9.13. The average Bonchev–Trinajstić information content (AvgIpc) is 2.71. The van der Waals surface area contributed by atoms with Gasteiger partial charge < -0.3 is 0 Å². The van der Waals surface area contributed by atoms with Gasteiger partial charge in [-0.05, 0) is 60.1 Å². The standard InChI is InChI=1S/C26H32ClF3/c1-2-3-4-6-18-9-11-19(12-10-18)7-5-8-20-15-24(29)26(25(30)16-20)21-13-14-22(27)23(28)17-21/h13-19H,2-12H2,1H3. The third kappa shape index (κ3) is 6.26. The van der Waals surface area contributed by atoms with Gasteiger partial charge in [0.15, 0.2) is 0 Å². The Hall–Kier alpha value is -1.48. The van der Waals surface area contributed by atoms with Gasteiger partial charge in [0.2, 0.25) is 0 Å². The normalized spacial score (nSPS) is 19.2. The monoisotopic (exact) mass is 436 g/mol. The van der Waals surface area contributed by atoms with Crippen molar-refractivity contribution in [3.63, 3.8) is 0 Å². The summed E-state index contributed by atoms with van der Waals surface area (Å²) in [5.74, 6) is -0.338. The summed E-state index contributed by atoms with van der Waals surface area (Å²) in [6.07, 6.45) is 13.4. The Morgan fingerprint density at radius 1 is 0.800 bits per heavy atom. The lowest BCUT2D eigenvalue weighted by molar-refractivity contribution is 0.246. The highest BCUT2D eigenvalue weighted by molar-refractivity contribution is 6.30. The molecule has 0 atom stereocenters. The second-order valence-corrected chi connectivity index (χ2v) is 9.25. The van der Waals surface area contributed by atoms with Crippen LogP contribution in [0.4, 0.5) is 13.2 Å². The molecule has 1 fully saturated rings. The average molecular weight is 437 g/mol. The Balaban J connectivity index is 1.50. The summed E-state index contributed by atoms with van der Waals surface area (Å²) >= 11 is 5.67. The van der Waals surface area contributed by atoms with Crippen LogP contribution in [0, 0.1) is 29.3 Å². The molecule has 4 heteroatoms. The van der Waals surface area contributed by atoms with E-state index in [-0.39, 0.29) is 16.1 Å². The molecule has 2 aromatic rings. The molecule has 1 aliphatic carbocycles. The molecule has 0 unspecified atom stereocenters. The summed E-state index contributed by atoms with van der Waals surface area (Å²) in [5, 5.41) is -0.0637. The highest BCUT2D eigenvalue weighted by atomic mass is 35.5. The molecule has 0 N–H and O–H groups in total. The maximum Gasteiger partial charge on any atom is 0.142 e. The van der Waals surface area contributed by atoms with Gasteiger partial charge in [0.1, 0.15) is 17.5 Å². The molecule has 1 saturated carbocycles. The Bertz CT molecular complexity index is 802. The van der Waals surface area contributed by atoms with E-state index in [1.807, 2.05) is 0 Å². The van der Waals surface area contributed by atoms with Gasteiger partial charge in [-0.3, -0.25) is 0 Å². The van der Waals surface area contributed by atoms with Crippen LogP contribution in [-0.4, -0.2) is 0 Å². The van der Waals surface area contributed by atoms with E-state index in [4.69, 9.17) is 11.6 Å². The van der Waals surface area contributed by atoms with E-state index in [1.54, 1.807) is 0 Å². The highest BCUT2D eigenvalue weighted by Gasteiger charge is 2.21. The van der Waals surface area contributed by atoms with E-state index in [2.05, 4.69) is 6.92 Å². The minimum atomic E-state index is -0.683. The first-order valence-electron chi connectivity index (χ1n) is 11.4. The van der Waals surface area contributed by atoms with Crippen LogP contribution in [0.2, 0.25) is 5.02 Å². The van der Waals surface area contributed by atoms with Crippen LogP contribution < -0.4 is 0 Å². The van der Waals surface area contributed by atoms with Gasteiger partial charge >= 0.3 is 0 Å². The van der Waals surface area contributed by atoms with Crippen LogP contribution >= 0.6 is 11.6 Å². The summed E-state index contributed by atoms with van der Waals surface area (Å²) in [6, 6.07) is 6.59. The van der Waals surface area contributed by atoms with Crippen molar-refractivity contribution >= 4 is 11.6 Å². The molecular formula is C26H32ClF3. The molecule has 0 saturated heterocycles. The van der Waals surface area contributed by atoms with Gasteiger partial charge in [-0.1, -0.05) is 82.4 Å². The zero-order valence-electron chi connectivity index (χ0n) is 17.8. The molecule has 0 radical (unpaired) electrons. The summed E-state index contributed by atoms with van der Waals surface area (Å²) in [6.45, 7) is 2.25. The highest BCUT2D eigenvalue weighted by Crippen LogP contribution is 2.35. The summed E-state index contributed by atoms with van der Waals surface area (Å²) in [7, 11) is 0. The molecule has 30 heavy (non-hydrogen) atoms. The topological polar surface area (TPSA) is 0 Å². The molecule has 2 aromatic carbocycles. The molecule has 1 aliphatic rings. The van der Waals surface area contributed by atoms with Crippen LogP contribution in [0.25, 0.3) is 11.1 Å². The fourth-order valence-corrected chi connectivity index (χ4v) is 4.90. The summed E-state index contributed by atoms with van der Waals surface area (Å²) in [4.78, 5) is 0. The van der Waals surface area contributed by atoms with Gasteiger partial charge in [0.05, 0.1) is 10.6 Å². The van der Waals surface area contributed by atoms with Crippen LogP contribution in [-0.2, 0) is 6.42 Å². The molecule has 0 aromatic heterocycles. The first-order valence-corrected chi connectivity index (χ1v) is 11.8. The fraction of sp³-hybridized carbons (Fsp3) is 0.538. The number of hydrogen-bond acceptors (Lipinski definition) is 0. The Kier molecular flexibility index (Phi) is 8.68. The van der Waals surface area contributed by atoms with Crippen LogP contribution in [0.1, 0.15) is 76.7 Å². The maximum absolute atomic E-state index is 14.6. The van der Waals surface area contributed by atoms with E-state index in [1.165, 1.54) is 75.6 Å². The number of benzene rings is 2. The third-order valence-corrected chi connectivity index (χ3v) is 6.88. The van der Waals surface area contributed by atoms with Crippen molar-refractivity contribution in [1.82, 2.24) is 0 Å². The van der Waals surface area contributed by atoms with Crippen molar-refractivity contribution in [2.75, 3.05) is 0 Å². The first kappa shape index (κ1) is 23.2. The van der Waals surface area contributed by atoms with Gasteiger partial charge in [-0.15, -0.1) is 0 Å². The zero-order valence-corrected chi connectivity index (χ0v) is 18.6. The summed E-state index contributed by atoms with van der Waals surface area (Å²) in [5.41, 5.74) is 0.626. The fourth-order valence-electron chi connectivity index (χ4n) is 4.78. The predicted molar refractivity (Wildman–Crippen MR) is 119 cm³/mol. The van der Waals surface area contributed by atoms with Crippen LogP contribution in [0.5, 0.6) is 0 Å². The SMILES string of the molecule is CCCCCC1CCC(CCCc2cc(F)c(-c3ccc(Cl)c(F)c3)c(F)c2)CC1. The van der Waals surface area contributed by atoms with Crippen molar-refractivity contribution in [3.05, 3.63) is 58.4 Å². The lowest BCUT2D eigenvalue weighted by atomic mass is 9.78. The molecular weight excluding hydrogens is 405 g/mol. The van der Waals surface area contributed by atoms with Crippen molar-refractivity contribution in [2.24, 2.45) is 11.8 Å². The molecule has 0 bridgehead atoms. The van der Waals surface area contributed by atoms with Crippen molar-refractivity contribution in [1.29, 1.82) is 0 Å². The zero-order chi connectivity index (χ0) is 21.5. The van der Waals surface area contributed by atoms with E-state index in [0.717, 1.165) is 30.7 Å². The van der Waals surface area contributed by atoms with E-state index < -0.39 is 17.5 Å². The lowest BCUT2D eigenvalue weighted by Crippen LogP contribution is -2.14. The van der Waals surface area contributed by atoms with Gasteiger partial charge in [0.25, 0.3) is 0 Å². The van der Waals surface area contributed by atoms with Crippen molar-refractivity contribution in [2.45, 2.75) is 77.6 Å². The van der Waals surface area contributed by atoms with Gasteiger partial charge in [0, 0.05) is 0 Å². The first-order chi connectivity index (χ1) is 14.5. The number of rotatable bonds is 9. The van der Waals surface area contributed by atoms with Crippen molar-refractivity contribution < 1.29 is 13.2 Å². The van der Waals surface area contributed by atoms with Crippen LogP contribution in [0.15, 0.2) is 30.3 Å². The lowest BCUT2D eigenvalue weighted by Gasteiger charge is -2.28. The van der Waals surface area contributed by atoms with Gasteiger partial charge in [-0.2, -0.15) is 0 Å². The van der Waals surface area contributed by atoms with Crippen LogP contribution in [0.3, 0.4) is 0 Å². The molecule has 0 spiro atoms. The Labute approximate surface area is 183 Å². The maximum atomic E-state index is 14.6. The molecule has 0 nitrogen and oxygen atoms in total. The number of aryl methyl sites for hydroxylation is 1. The Morgan fingerprint density at radius 3 is 1.97 bits per heavy atom. The number of halogens is 4. The molecule has 164 valence electrons. The minimum Gasteiger partial charge on any atom is -0.206 e. The van der Waals surface area contributed by atoms with E-state index in [9.17, 15) is 13.2 Å². The number of unbranched alkanes of at least 4 members (excludes halogenated alkanes) is 2. The quantitative estimate of drug-likeness (QED) is 0.344. The third-order valence-electron chi connectivity index (χ3n) is 6.57. The summed E-state index contributed by atoms with van der Waals surface area (Å²) < 4.78 is 42.8.